The number of halogens is 3. The van der Waals surface area contributed by atoms with Crippen LogP contribution in [0.15, 0.2) is 24.3 Å². The fourth-order valence-electron chi connectivity index (χ4n) is 1.56. The third kappa shape index (κ3) is 5.32. The van der Waals surface area contributed by atoms with Crippen molar-refractivity contribution in [2.24, 2.45) is 0 Å². The highest BCUT2D eigenvalue weighted by Gasteiger charge is 2.36. The van der Waals surface area contributed by atoms with E-state index in [1.807, 2.05) is 0 Å². The number of aliphatic hydroxyl groups is 1. The van der Waals surface area contributed by atoms with Crippen molar-refractivity contribution in [3.63, 3.8) is 0 Å². The van der Waals surface area contributed by atoms with Gasteiger partial charge in [0.1, 0.15) is 5.75 Å². The molecule has 1 atom stereocenters. The number of hydrogen-bond donors (Lipinski definition) is 1. The zero-order valence-electron chi connectivity index (χ0n) is 11.5. The molecule has 0 fully saturated rings. The molecule has 1 aromatic rings. The van der Waals surface area contributed by atoms with Crippen molar-refractivity contribution in [1.29, 1.82) is 0 Å². The monoisotopic (exact) mass is 328 g/mol. The van der Waals surface area contributed by atoms with Gasteiger partial charge in [-0.15, -0.1) is 13.2 Å². The maximum atomic E-state index is 12.3. The Kier molecular flexibility index (Phi) is 6.22. The first-order chi connectivity index (χ1) is 9.72. The van der Waals surface area contributed by atoms with Crippen molar-refractivity contribution >= 4 is 7.60 Å². The first-order valence-corrected chi connectivity index (χ1v) is 7.75. The summed E-state index contributed by atoms with van der Waals surface area (Å²) in [7, 11) is -3.80. The summed E-state index contributed by atoms with van der Waals surface area (Å²) in [5, 5.41) is 10.0. The molecule has 0 aliphatic carbocycles. The Bertz CT molecular complexity index is 479. The third-order valence-electron chi connectivity index (χ3n) is 2.33. The summed E-state index contributed by atoms with van der Waals surface area (Å²) in [5.74, 6) is -2.03. The molecule has 21 heavy (non-hydrogen) atoms. The van der Waals surface area contributed by atoms with E-state index in [4.69, 9.17) is 9.05 Å². The van der Waals surface area contributed by atoms with E-state index >= 15 is 0 Å². The Balaban J connectivity index is 2.91. The maximum Gasteiger partial charge on any atom is 0.573 e. The first-order valence-electron chi connectivity index (χ1n) is 6.14. The number of aliphatic hydroxyl groups excluding tert-OH is 1. The van der Waals surface area contributed by atoms with Gasteiger partial charge in [0.25, 0.3) is 0 Å². The lowest BCUT2D eigenvalue weighted by molar-refractivity contribution is -0.274. The van der Waals surface area contributed by atoms with Crippen molar-refractivity contribution < 1.29 is 36.6 Å². The molecule has 1 unspecified atom stereocenters. The fraction of sp³-hybridized carbons (Fsp3) is 0.500. The summed E-state index contributed by atoms with van der Waals surface area (Å²) < 4.78 is 62.1. The van der Waals surface area contributed by atoms with Crippen molar-refractivity contribution in [2.75, 3.05) is 13.2 Å². The van der Waals surface area contributed by atoms with Gasteiger partial charge in [-0.1, -0.05) is 12.1 Å². The zero-order chi connectivity index (χ0) is 16.1. The smallest absolute Gasteiger partial charge is 0.406 e. The maximum absolute atomic E-state index is 12.3. The molecule has 0 saturated carbocycles. The topological polar surface area (TPSA) is 65.0 Å². The van der Waals surface area contributed by atoms with E-state index in [-0.39, 0.29) is 18.8 Å². The van der Waals surface area contributed by atoms with Gasteiger partial charge < -0.3 is 18.9 Å². The summed E-state index contributed by atoms with van der Waals surface area (Å²) in [5.41, 5.74) is 0.106. The van der Waals surface area contributed by atoms with Crippen molar-refractivity contribution in [3.05, 3.63) is 29.8 Å². The SMILES string of the molecule is CCOP(=O)(OCC)C(O)c1ccc(OC(F)(F)F)cc1. The molecule has 9 heteroatoms. The number of benzene rings is 1. The Labute approximate surface area is 120 Å². The Hall–Kier alpha value is -1.08. The molecule has 0 saturated heterocycles. The second-order valence-electron chi connectivity index (χ2n) is 3.87. The molecular formula is C12H16F3O5P. The molecule has 1 N–H and O–H groups in total. The zero-order valence-corrected chi connectivity index (χ0v) is 12.4. The number of ether oxygens (including phenoxy) is 1. The van der Waals surface area contributed by atoms with E-state index < -0.39 is 25.6 Å². The van der Waals surface area contributed by atoms with Crippen molar-refractivity contribution in [1.82, 2.24) is 0 Å². The normalized spacial score (nSPS) is 14.0. The van der Waals surface area contributed by atoms with Crippen LogP contribution in [0.5, 0.6) is 5.75 Å². The molecule has 0 aliphatic heterocycles. The quantitative estimate of drug-likeness (QED) is 0.770. The predicted octanol–water partition coefficient (Wildman–Crippen LogP) is 3.84. The van der Waals surface area contributed by atoms with Gasteiger partial charge in [-0.05, 0) is 31.5 Å². The number of alkyl halides is 3. The van der Waals surface area contributed by atoms with Gasteiger partial charge in [-0.2, -0.15) is 0 Å². The second kappa shape index (κ2) is 7.26. The highest BCUT2D eigenvalue weighted by molar-refractivity contribution is 7.54. The molecule has 0 amide bonds. The predicted molar refractivity (Wildman–Crippen MR) is 68.9 cm³/mol. The van der Waals surface area contributed by atoms with Gasteiger partial charge in [0.15, 0.2) is 5.85 Å². The van der Waals surface area contributed by atoms with Crippen LogP contribution >= 0.6 is 7.60 Å². The molecule has 1 aromatic carbocycles. The molecular weight excluding hydrogens is 312 g/mol. The van der Waals surface area contributed by atoms with Gasteiger partial charge in [-0.3, -0.25) is 4.57 Å². The van der Waals surface area contributed by atoms with Crippen molar-refractivity contribution in [2.45, 2.75) is 26.1 Å². The van der Waals surface area contributed by atoms with E-state index in [1.165, 1.54) is 0 Å². The first kappa shape index (κ1) is 18.0. The van der Waals surface area contributed by atoms with E-state index in [1.54, 1.807) is 13.8 Å². The molecule has 1 rings (SSSR count). The minimum Gasteiger partial charge on any atom is -0.406 e. The molecule has 0 heterocycles. The lowest BCUT2D eigenvalue weighted by Crippen LogP contribution is -2.17. The van der Waals surface area contributed by atoms with Crippen LogP contribution in [-0.4, -0.2) is 24.7 Å². The Morgan fingerprint density at radius 3 is 2.00 bits per heavy atom. The average Bonchev–Trinajstić information content (AvgIpc) is 2.37. The highest BCUT2D eigenvalue weighted by Crippen LogP contribution is 2.59. The van der Waals surface area contributed by atoms with E-state index in [0.717, 1.165) is 24.3 Å². The van der Waals surface area contributed by atoms with Crippen LogP contribution in [0.3, 0.4) is 0 Å². The molecule has 0 aromatic heterocycles. The molecule has 120 valence electrons. The molecule has 5 nitrogen and oxygen atoms in total. The van der Waals surface area contributed by atoms with Crippen LogP contribution in [0.2, 0.25) is 0 Å². The third-order valence-corrected chi connectivity index (χ3v) is 4.46. The average molecular weight is 328 g/mol. The highest BCUT2D eigenvalue weighted by atomic mass is 31.2. The summed E-state index contributed by atoms with van der Waals surface area (Å²) >= 11 is 0. The van der Waals surface area contributed by atoms with E-state index in [2.05, 4.69) is 4.74 Å². The van der Waals surface area contributed by atoms with Gasteiger partial charge in [0.05, 0.1) is 13.2 Å². The van der Waals surface area contributed by atoms with Crippen LogP contribution in [0.4, 0.5) is 13.2 Å². The minimum atomic E-state index is -4.80. The Morgan fingerprint density at radius 1 is 1.14 bits per heavy atom. The van der Waals surface area contributed by atoms with Crippen LogP contribution < -0.4 is 4.74 Å². The number of rotatable bonds is 7. The van der Waals surface area contributed by atoms with Crippen LogP contribution in [0.25, 0.3) is 0 Å². The molecule has 0 aliphatic rings. The van der Waals surface area contributed by atoms with E-state index in [0.29, 0.717) is 0 Å². The Morgan fingerprint density at radius 2 is 1.62 bits per heavy atom. The second-order valence-corrected chi connectivity index (χ2v) is 5.95. The lowest BCUT2D eigenvalue weighted by Gasteiger charge is -2.22. The summed E-state index contributed by atoms with van der Waals surface area (Å²) in [6, 6.07) is 4.34. The fourth-order valence-corrected chi connectivity index (χ4v) is 3.18. The number of hydrogen-bond acceptors (Lipinski definition) is 5. The van der Waals surface area contributed by atoms with Crippen LogP contribution in [0.1, 0.15) is 25.3 Å². The molecule has 0 bridgehead atoms. The van der Waals surface area contributed by atoms with Gasteiger partial charge in [0, 0.05) is 0 Å². The van der Waals surface area contributed by atoms with E-state index in [9.17, 15) is 22.8 Å². The van der Waals surface area contributed by atoms with Crippen LogP contribution in [0, 0.1) is 0 Å². The lowest BCUT2D eigenvalue weighted by atomic mass is 10.2. The standard InChI is InChI=1S/C12H16F3O5P/c1-3-18-21(17,19-4-2)11(16)9-5-7-10(8-6-9)20-12(13,14)15/h5-8,11,16H,3-4H2,1-2H3. The van der Waals surface area contributed by atoms with Gasteiger partial charge >= 0.3 is 14.0 Å². The minimum absolute atomic E-state index is 0.0591. The summed E-state index contributed by atoms with van der Waals surface area (Å²) in [6.45, 7) is 3.28. The molecule has 0 radical (unpaired) electrons. The molecule has 0 spiro atoms. The largest absolute Gasteiger partial charge is 0.573 e. The summed E-state index contributed by atoms with van der Waals surface area (Å²) in [6.07, 6.45) is -4.80. The van der Waals surface area contributed by atoms with Crippen molar-refractivity contribution in [3.8, 4) is 5.75 Å². The summed E-state index contributed by atoms with van der Waals surface area (Å²) in [4.78, 5) is 0. The van der Waals surface area contributed by atoms with Gasteiger partial charge in [0.2, 0.25) is 0 Å². The van der Waals surface area contributed by atoms with Gasteiger partial charge in [-0.25, -0.2) is 0 Å². The van der Waals surface area contributed by atoms with Crippen LogP contribution in [-0.2, 0) is 13.6 Å².